The van der Waals surface area contributed by atoms with Crippen LogP contribution in [0.4, 0.5) is 5.69 Å². The highest BCUT2D eigenvalue weighted by atomic mass is 32.2. The van der Waals surface area contributed by atoms with Gasteiger partial charge >= 0.3 is 0 Å². The van der Waals surface area contributed by atoms with Gasteiger partial charge in [-0.05, 0) is 23.1 Å². The van der Waals surface area contributed by atoms with Gasteiger partial charge in [0, 0.05) is 51.9 Å². The van der Waals surface area contributed by atoms with Crippen molar-refractivity contribution >= 4 is 34.4 Å². The van der Waals surface area contributed by atoms with Crippen molar-refractivity contribution in [2.75, 3.05) is 51.7 Å². The van der Waals surface area contributed by atoms with Crippen molar-refractivity contribution in [2.45, 2.75) is 6.92 Å². The fourth-order valence-electron chi connectivity index (χ4n) is 3.05. The molecule has 0 radical (unpaired) electrons. The van der Waals surface area contributed by atoms with Crippen LogP contribution in [0.1, 0.15) is 6.92 Å². The van der Waals surface area contributed by atoms with Crippen LogP contribution in [-0.4, -0.2) is 78.1 Å². The lowest BCUT2D eigenvalue weighted by Gasteiger charge is -2.34. The van der Waals surface area contributed by atoms with Crippen molar-refractivity contribution in [2.24, 2.45) is 4.99 Å². The van der Waals surface area contributed by atoms with Crippen LogP contribution in [-0.2, 0) is 9.59 Å². The van der Waals surface area contributed by atoms with Gasteiger partial charge in [-0.1, -0.05) is 11.8 Å². The van der Waals surface area contributed by atoms with Crippen LogP contribution < -0.4 is 15.4 Å². The third-order valence-electron chi connectivity index (χ3n) is 4.56. The Morgan fingerprint density at radius 3 is 2.60 bits per heavy atom. The van der Waals surface area contributed by atoms with E-state index in [1.54, 1.807) is 31.6 Å². The molecule has 1 fully saturated rings. The van der Waals surface area contributed by atoms with Gasteiger partial charge in [0.1, 0.15) is 0 Å². The van der Waals surface area contributed by atoms with Gasteiger partial charge in [-0.15, -0.1) is 0 Å². The first kappa shape index (κ1) is 22.0. The fraction of sp³-hybridized carbons (Fsp3) is 0.400. The summed E-state index contributed by atoms with van der Waals surface area (Å²) in [6, 6.07) is 3.49. The predicted octanol–water partition coefficient (Wildman–Crippen LogP) is 1.28. The molecule has 3 rings (SSSR count). The van der Waals surface area contributed by atoms with Crippen molar-refractivity contribution in [3.05, 3.63) is 41.6 Å². The molecule has 2 amide bonds. The first-order valence-corrected chi connectivity index (χ1v) is 10.5. The number of carbonyl (C=O) groups excluding carboxylic acids is 2. The number of ether oxygens (including phenoxy) is 1. The van der Waals surface area contributed by atoms with Crippen LogP contribution in [0.2, 0.25) is 0 Å². The minimum absolute atomic E-state index is 0.0540. The number of nitrogens with one attached hydrogen (secondary N) is 2. The molecule has 0 bridgehead atoms. The van der Waals surface area contributed by atoms with Gasteiger partial charge in [0.2, 0.25) is 17.7 Å². The minimum atomic E-state index is -0.130. The van der Waals surface area contributed by atoms with E-state index in [1.165, 1.54) is 18.7 Å². The molecule has 2 N–H and O–H groups in total. The molecule has 2 aliphatic rings. The Labute approximate surface area is 180 Å². The summed E-state index contributed by atoms with van der Waals surface area (Å²) in [7, 11) is 1.55. The molecule has 160 valence electrons. The van der Waals surface area contributed by atoms with Crippen LogP contribution in [0, 0.1) is 0 Å². The second-order valence-corrected chi connectivity index (χ2v) is 7.82. The lowest BCUT2D eigenvalue weighted by atomic mass is 10.2. The number of amides is 2. The van der Waals surface area contributed by atoms with E-state index >= 15 is 0 Å². The number of hydrogen-bond donors (Lipinski definition) is 2. The standard InChI is InChI=1S/C20H26N6O3S/c1-15(27)23-20-22-11-16(5-10-30-20)13-25-6-8-26(9-7-25)14-18(28)24-17-3-4-19(29-2)21-12-17/h3-5,10-12H,6-9,13-14H2,1-2H3,(H,24,28)(H,22,23,27). The van der Waals surface area contributed by atoms with Crippen molar-refractivity contribution in [3.8, 4) is 5.88 Å². The van der Waals surface area contributed by atoms with E-state index in [2.05, 4.69) is 30.4 Å². The number of methoxy groups -OCH3 is 1. The molecule has 0 spiro atoms. The minimum Gasteiger partial charge on any atom is -0.481 e. The van der Waals surface area contributed by atoms with Crippen LogP contribution in [0.3, 0.4) is 0 Å². The predicted molar refractivity (Wildman–Crippen MR) is 118 cm³/mol. The fourth-order valence-corrected chi connectivity index (χ4v) is 3.74. The molecular weight excluding hydrogens is 404 g/mol. The molecule has 30 heavy (non-hydrogen) atoms. The molecule has 1 aromatic heterocycles. The van der Waals surface area contributed by atoms with E-state index in [1.807, 2.05) is 11.5 Å². The maximum Gasteiger partial charge on any atom is 0.238 e. The summed E-state index contributed by atoms with van der Waals surface area (Å²) < 4.78 is 5.02. The number of rotatable bonds is 6. The summed E-state index contributed by atoms with van der Waals surface area (Å²) in [6.45, 7) is 5.99. The van der Waals surface area contributed by atoms with Crippen molar-refractivity contribution in [1.82, 2.24) is 20.1 Å². The van der Waals surface area contributed by atoms with Gasteiger partial charge in [-0.25, -0.2) is 9.98 Å². The molecule has 2 aliphatic heterocycles. The lowest BCUT2D eigenvalue weighted by Crippen LogP contribution is -2.48. The number of anilines is 1. The topological polar surface area (TPSA) is 99.2 Å². The maximum atomic E-state index is 12.3. The Balaban J connectivity index is 1.42. The Morgan fingerprint density at radius 2 is 1.93 bits per heavy atom. The zero-order valence-corrected chi connectivity index (χ0v) is 17.9. The lowest BCUT2D eigenvalue weighted by molar-refractivity contribution is -0.118. The number of aromatic nitrogens is 1. The summed E-state index contributed by atoms with van der Waals surface area (Å²) in [6.07, 6.45) is 5.40. The number of amidine groups is 1. The third kappa shape index (κ3) is 6.97. The number of hydrogen-bond acceptors (Lipinski definition) is 8. The van der Waals surface area contributed by atoms with Crippen molar-refractivity contribution in [3.63, 3.8) is 0 Å². The highest BCUT2D eigenvalue weighted by Crippen LogP contribution is 2.15. The Hall–Kier alpha value is -2.69. The molecule has 0 aromatic carbocycles. The SMILES string of the molecule is COc1ccc(NC(=O)CN2CCN(CC3=CN=C(NC(C)=O)SC=C3)CC2)cn1. The number of pyridine rings is 1. The molecule has 0 atom stereocenters. The number of piperazine rings is 1. The van der Waals surface area contributed by atoms with Gasteiger partial charge in [0.15, 0.2) is 5.17 Å². The first-order valence-electron chi connectivity index (χ1n) is 9.64. The summed E-state index contributed by atoms with van der Waals surface area (Å²) in [5.41, 5.74) is 1.74. The second-order valence-electron chi connectivity index (χ2n) is 6.93. The van der Waals surface area contributed by atoms with Crippen LogP contribution in [0.5, 0.6) is 5.88 Å². The Bertz CT molecular complexity index is 845. The Morgan fingerprint density at radius 1 is 1.17 bits per heavy atom. The summed E-state index contributed by atoms with van der Waals surface area (Å²) in [5.74, 6) is 0.329. The zero-order valence-electron chi connectivity index (χ0n) is 17.1. The van der Waals surface area contributed by atoms with E-state index in [4.69, 9.17) is 4.74 Å². The molecule has 10 heteroatoms. The smallest absolute Gasteiger partial charge is 0.238 e. The van der Waals surface area contributed by atoms with Crippen molar-refractivity contribution in [1.29, 1.82) is 0 Å². The maximum absolute atomic E-state index is 12.3. The van der Waals surface area contributed by atoms with Gasteiger partial charge in [0.25, 0.3) is 0 Å². The number of nitrogens with zero attached hydrogens (tertiary/aromatic N) is 4. The molecule has 0 saturated carbocycles. The average molecular weight is 431 g/mol. The molecule has 0 aliphatic carbocycles. The van der Waals surface area contributed by atoms with Crippen molar-refractivity contribution < 1.29 is 14.3 Å². The normalized spacial score (nSPS) is 17.5. The quantitative estimate of drug-likeness (QED) is 0.701. The molecule has 3 heterocycles. The number of thioether (sulfide) groups is 1. The average Bonchev–Trinajstić information content (AvgIpc) is 2.94. The van der Waals surface area contributed by atoms with Gasteiger partial charge in [-0.2, -0.15) is 0 Å². The van der Waals surface area contributed by atoms with E-state index < -0.39 is 0 Å². The Kier molecular flexibility index (Phi) is 8.00. The summed E-state index contributed by atoms with van der Waals surface area (Å²) in [4.78, 5) is 36.3. The number of carbonyl (C=O) groups is 2. The second kappa shape index (κ2) is 10.9. The van der Waals surface area contributed by atoms with Crippen LogP contribution in [0.25, 0.3) is 0 Å². The van der Waals surface area contributed by atoms with Crippen LogP contribution >= 0.6 is 11.8 Å². The summed E-state index contributed by atoms with van der Waals surface area (Å²) in [5, 5.41) is 8.08. The van der Waals surface area contributed by atoms with E-state index in [-0.39, 0.29) is 11.8 Å². The van der Waals surface area contributed by atoms with E-state index in [0.29, 0.717) is 23.3 Å². The molecule has 1 saturated heterocycles. The third-order valence-corrected chi connectivity index (χ3v) is 5.26. The van der Waals surface area contributed by atoms with Crippen LogP contribution in [0.15, 0.2) is 46.6 Å². The molecule has 0 unspecified atom stereocenters. The largest absolute Gasteiger partial charge is 0.481 e. The zero-order chi connectivity index (χ0) is 21.3. The molecule has 9 nitrogen and oxygen atoms in total. The van der Waals surface area contributed by atoms with Gasteiger partial charge < -0.3 is 15.4 Å². The summed E-state index contributed by atoms with van der Waals surface area (Å²) >= 11 is 1.39. The monoisotopic (exact) mass is 430 g/mol. The first-order chi connectivity index (χ1) is 14.5. The van der Waals surface area contributed by atoms with Gasteiger partial charge in [0.05, 0.1) is 25.5 Å². The molecule has 1 aromatic rings. The van der Waals surface area contributed by atoms with Gasteiger partial charge in [-0.3, -0.25) is 19.4 Å². The highest BCUT2D eigenvalue weighted by molar-refractivity contribution is 8.16. The highest BCUT2D eigenvalue weighted by Gasteiger charge is 2.19. The number of aliphatic imine (C=N–C) groups is 1. The van der Waals surface area contributed by atoms with E-state index in [0.717, 1.165) is 38.3 Å². The van der Waals surface area contributed by atoms with E-state index in [9.17, 15) is 9.59 Å². The molecular formula is C20H26N6O3S.